The number of hydrogen-bond donors (Lipinski definition) is 1. The molecule has 136 valence electrons. The van der Waals surface area contributed by atoms with Crippen LogP contribution < -0.4 is 4.74 Å². The van der Waals surface area contributed by atoms with Crippen LogP contribution in [-0.2, 0) is 4.79 Å². The maximum absolute atomic E-state index is 13.0. The molecule has 1 fully saturated rings. The monoisotopic (exact) mass is 394 g/mol. The molecule has 1 saturated heterocycles. The highest BCUT2D eigenvalue weighted by molar-refractivity contribution is 8.19. The number of rotatable bonds is 5. The zero-order valence-corrected chi connectivity index (χ0v) is 16.4. The van der Waals surface area contributed by atoms with E-state index in [1.165, 1.54) is 23.1 Å². The van der Waals surface area contributed by atoms with Crippen LogP contribution in [0.3, 0.4) is 0 Å². The quantitative estimate of drug-likeness (QED) is 0.580. The number of ether oxygens (including phenoxy) is 1. The minimum absolute atomic E-state index is 0.0608. The Bertz CT molecular complexity index is 1040. The molecule has 2 heterocycles. The van der Waals surface area contributed by atoms with Crippen LogP contribution in [0.4, 0.5) is 0 Å². The second-order valence-electron chi connectivity index (χ2n) is 6.19. The highest BCUT2D eigenvalue weighted by atomic mass is 32.2. The number of fused-ring (bicyclic) bond motifs is 1. The molecule has 0 radical (unpaired) electrons. The lowest BCUT2D eigenvalue weighted by Crippen LogP contribution is -2.11. The molecule has 0 saturated carbocycles. The summed E-state index contributed by atoms with van der Waals surface area (Å²) in [5, 5.41) is 13.3. The first kappa shape index (κ1) is 17.9. The molecule has 1 atom stereocenters. The van der Waals surface area contributed by atoms with Gasteiger partial charge in [-0.2, -0.15) is 0 Å². The number of carbonyl (C=O) groups is 1. The van der Waals surface area contributed by atoms with Crippen LogP contribution in [0.25, 0.3) is 16.8 Å². The molecule has 6 heteroatoms. The lowest BCUT2D eigenvalue weighted by Gasteiger charge is -2.12. The zero-order chi connectivity index (χ0) is 18.8. The Balaban J connectivity index is 1.80. The zero-order valence-electron chi connectivity index (χ0n) is 14.8. The minimum atomic E-state index is -0.573. The Labute approximate surface area is 165 Å². The summed E-state index contributed by atoms with van der Waals surface area (Å²) in [5.74, 6) is 0.131. The van der Waals surface area contributed by atoms with Gasteiger partial charge >= 0.3 is 0 Å². The number of benzene rings is 2. The van der Waals surface area contributed by atoms with Gasteiger partial charge in [0, 0.05) is 17.1 Å². The Kier molecular flexibility index (Phi) is 5.09. The van der Waals surface area contributed by atoms with E-state index in [4.69, 9.17) is 10.1 Å². The van der Waals surface area contributed by atoms with Crippen molar-refractivity contribution in [3.05, 3.63) is 63.5 Å². The van der Waals surface area contributed by atoms with Gasteiger partial charge in [0.05, 0.1) is 16.6 Å². The fourth-order valence-electron chi connectivity index (χ4n) is 3.08. The molecule has 2 aromatic carbocycles. The number of allylic oxidation sites excluding steroid dienone is 1. The Morgan fingerprint density at radius 1 is 1.26 bits per heavy atom. The van der Waals surface area contributed by atoms with Gasteiger partial charge in [-0.05, 0) is 29.3 Å². The molecule has 4 rings (SSSR count). The fourth-order valence-corrected chi connectivity index (χ4v) is 4.87. The van der Waals surface area contributed by atoms with E-state index in [2.05, 4.69) is 11.9 Å². The summed E-state index contributed by atoms with van der Waals surface area (Å²) in [7, 11) is 0. The number of carbonyl (C=O) groups excluding carboxylic acids is 1. The van der Waals surface area contributed by atoms with E-state index in [1.54, 1.807) is 6.20 Å². The summed E-state index contributed by atoms with van der Waals surface area (Å²) in [6, 6.07) is 12.1. The number of ketones is 1. The van der Waals surface area contributed by atoms with Crippen LogP contribution in [-0.4, -0.2) is 22.4 Å². The summed E-state index contributed by atoms with van der Waals surface area (Å²) in [6.45, 7) is 2.68. The highest BCUT2D eigenvalue weighted by Crippen LogP contribution is 2.42. The maximum Gasteiger partial charge on any atom is 0.186 e. The lowest BCUT2D eigenvalue weighted by molar-refractivity contribution is -0.114. The summed E-state index contributed by atoms with van der Waals surface area (Å²) < 4.78 is 5.94. The van der Waals surface area contributed by atoms with Crippen molar-refractivity contribution in [1.82, 2.24) is 4.98 Å². The predicted octanol–water partition coefficient (Wildman–Crippen LogP) is 5.50. The van der Waals surface area contributed by atoms with Crippen LogP contribution in [0.15, 0.2) is 52.9 Å². The molecular weight excluding hydrogens is 376 g/mol. The van der Waals surface area contributed by atoms with Crippen LogP contribution in [0.2, 0.25) is 0 Å². The first-order valence-corrected chi connectivity index (χ1v) is 10.4. The minimum Gasteiger partial charge on any atom is -0.493 e. The van der Waals surface area contributed by atoms with E-state index in [1.807, 2.05) is 47.9 Å². The van der Waals surface area contributed by atoms with Crippen LogP contribution in [0, 0.1) is 5.41 Å². The highest BCUT2D eigenvalue weighted by Gasteiger charge is 2.38. The topological polar surface area (TPSA) is 63.0 Å². The fraction of sp³-hybridized carbons (Fsp3) is 0.190. The third-order valence-electron chi connectivity index (χ3n) is 4.35. The van der Waals surface area contributed by atoms with Gasteiger partial charge in [0.15, 0.2) is 5.78 Å². The van der Waals surface area contributed by atoms with E-state index < -0.39 is 5.92 Å². The third kappa shape index (κ3) is 3.42. The van der Waals surface area contributed by atoms with Crippen molar-refractivity contribution in [3.8, 4) is 5.75 Å². The standard InChI is InChI=1S/C21H18N2O2S2/c1-2-10-25-16-8-7-13-5-3-4-6-14(13)15(16)12-17-19(24)18(20(22)27-17)21-23-9-11-26-21/h3-9,11-12,18,22H,2,10H2,1H3/b17-12-,22-20?/t18-/m1/s1. The van der Waals surface area contributed by atoms with Gasteiger partial charge in [0.25, 0.3) is 0 Å². The summed E-state index contributed by atoms with van der Waals surface area (Å²) in [5.41, 5.74) is 0.894. The number of nitrogens with zero attached hydrogens (tertiary/aromatic N) is 1. The number of hydrogen-bond acceptors (Lipinski definition) is 6. The molecule has 0 spiro atoms. The van der Waals surface area contributed by atoms with E-state index in [0.29, 0.717) is 21.6 Å². The molecule has 0 unspecified atom stereocenters. The van der Waals surface area contributed by atoms with E-state index in [9.17, 15) is 4.79 Å². The van der Waals surface area contributed by atoms with Crippen molar-refractivity contribution >= 4 is 50.8 Å². The van der Waals surface area contributed by atoms with Crippen molar-refractivity contribution in [3.63, 3.8) is 0 Å². The van der Waals surface area contributed by atoms with Gasteiger partial charge in [-0.3, -0.25) is 10.2 Å². The van der Waals surface area contributed by atoms with Crippen LogP contribution in [0.5, 0.6) is 5.75 Å². The van der Waals surface area contributed by atoms with E-state index in [0.717, 1.165) is 28.5 Å². The number of Topliss-reactive ketones (excluding diaryl/α,β-unsaturated/α-hetero) is 1. The first-order chi connectivity index (χ1) is 13.2. The average molecular weight is 395 g/mol. The molecule has 0 amide bonds. The molecule has 0 bridgehead atoms. The lowest BCUT2D eigenvalue weighted by atomic mass is 10.0. The Morgan fingerprint density at radius 3 is 2.89 bits per heavy atom. The molecule has 4 nitrogen and oxygen atoms in total. The van der Waals surface area contributed by atoms with Crippen molar-refractivity contribution in [2.75, 3.05) is 6.61 Å². The molecule has 1 aliphatic heterocycles. The second kappa shape index (κ2) is 7.66. The van der Waals surface area contributed by atoms with Gasteiger partial charge in [0.1, 0.15) is 16.7 Å². The summed E-state index contributed by atoms with van der Waals surface area (Å²) in [4.78, 5) is 17.8. The SMILES string of the molecule is CCCOc1ccc2ccccc2c1/C=C1\SC(=N)[C@H](c2nccs2)C1=O. The summed E-state index contributed by atoms with van der Waals surface area (Å²) >= 11 is 2.64. The number of thiazole rings is 1. The van der Waals surface area contributed by atoms with Crippen LogP contribution in [0.1, 0.15) is 29.8 Å². The maximum atomic E-state index is 13.0. The van der Waals surface area contributed by atoms with Crippen molar-refractivity contribution in [1.29, 1.82) is 5.41 Å². The molecule has 27 heavy (non-hydrogen) atoms. The summed E-state index contributed by atoms with van der Waals surface area (Å²) in [6.07, 6.45) is 4.46. The van der Waals surface area contributed by atoms with Crippen LogP contribution >= 0.6 is 23.1 Å². The average Bonchev–Trinajstić information content (AvgIpc) is 3.29. The van der Waals surface area contributed by atoms with Gasteiger partial charge < -0.3 is 4.74 Å². The van der Waals surface area contributed by atoms with E-state index >= 15 is 0 Å². The molecular formula is C21H18N2O2S2. The Morgan fingerprint density at radius 2 is 2.11 bits per heavy atom. The number of thioether (sulfide) groups is 1. The smallest absolute Gasteiger partial charge is 0.186 e. The molecule has 3 aromatic rings. The predicted molar refractivity (Wildman–Crippen MR) is 113 cm³/mol. The molecule has 1 aliphatic rings. The first-order valence-electron chi connectivity index (χ1n) is 8.75. The van der Waals surface area contributed by atoms with Gasteiger partial charge in [0.2, 0.25) is 0 Å². The van der Waals surface area contributed by atoms with Crippen molar-refractivity contribution in [2.45, 2.75) is 19.3 Å². The van der Waals surface area contributed by atoms with Crippen molar-refractivity contribution < 1.29 is 9.53 Å². The number of aromatic nitrogens is 1. The van der Waals surface area contributed by atoms with E-state index in [-0.39, 0.29) is 5.78 Å². The molecule has 1 aromatic heterocycles. The van der Waals surface area contributed by atoms with Gasteiger partial charge in [-0.1, -0.05) is 49.0 Å². The second-order valence-corrected chi connectivity index (χ2v) is 8.20. The Hall–Kier alpha value is -2.44. The third-order valence-corrected chi connectivity index (χ3v) is 6.19. The van der Waals surface area contributed by atoms with Gasteiger partial charge in [-0.25, -0.2) is 4.98 Å². The van der Waals surface area contributed by atoms with Gasteiger partial charge in [-0.15, -0.1) is 11.3 Å². The van der Waals surface area contributed by atoms with Crippen molar-refractivity contribution in [2.24, 2.45) is 0 Å². The largest absolute Gasteiger partial charge is 0.493 e. The molecule has 0 aliphatic carbocycles. The molecule has 1 N–H and O–H groups in total. The number of nitrogens with one attached hydrogen (secondary N) is 1. The normalized spacial score (nSPS) is 18.6.